The van der Waals surface area contributed by atoms with Crippen molar-refractivity contribution in [1.29, 1.82) is 0 Å². The van der Waals surface area contributed by atoms with Crippen LogP contribution in [-0.4, -0.2) is 43.8 Å². The Morgan fingerprint density at radius 1 is 1.27 bits per heavy atom. The van der Waals surface area contributed by atoms with Gasteiger partial charge in [0.2, 0.25) is 15.9 Å². The van der Waals surface area contributed by atoms with Crippen molar-refractivity contribution in [2.45, 2.75) is 37.8 Å². The highest BCUT2D eigenvalue weighted by Crippen LogP contribution is 2.22. The van der Waals surface area contributed by atoms with E-state index in [1.54, 1.807) is 12.1 Å². The van der Waals surface area contributed by atoms with Gasteiger partial charge in [0.1, 0.15) is 0 Å². The Morgan fingerprint density at radius 3 is 2.41 bits per heavy atom. The molecule has 0 spiro atoms. The second-order valence-corrected chi connectivity index (χ2v) is 7.33. The summed E-state index contributed by atoms with van der Waals surface area (Å²) in [5, 5.41) is 5.88. The van der Waals surface area contributed by atoms with Gasteiger partial charge in [0.15, 0.2) is 0 Å². The van der Waals surface area contributed by atoms with Crippen molar-refractivity contribution in [3.05, 3.63) is 24.3 Å². The number of nitrogens with one attached hydrogen (secondary N) is 2. The van der Waals surface area contributed by atoms with Crippen LogP contribution in [0.25, 0.3) is 0 Å². The number of piperazine rings is 1. The molecule has 1 amide bonds. The number of anilines is 1. The van der Waals surface area contributed by atoms with Crippen LogP contribution in [0.3, 0.4) is 0 Å². The number of rotatable bonds is 3. The molecule has 2 atom stereocenters. The van der Waals surface area contributed by atoms with Crippen LogP contribution in [0.5, 0.6) is 0 Å². The predicted octanol–water partition coefficient (Wildman–Crippen LogP) is 1.44. The van der Waals surface area contributed by atoms with E-state index in [9.17, 15) is 13.2 Å². The monoisotopic (exact) mass is 347 g/mol. The maximum Gasteiger partial charge on any atom is 0.243 e. The average molecular weight is 348 g/mol. The summed E-state index contributed by atoms with van der Waals surface area (Å²) in [5.41, 5.74) is 0.586. The van der Waals surface area contributed by atoms with Gasteiger partial charge in [-0.2, -0.15) is 4.31 Å². The molecule has 0 aromatic heterocycles. The zero-order valence-corrected chi connectivity index (χ0v) is 14.5. The van der Waals surface area contributed by atoms with Gasteiger partial charge < -0.3 is 10.6 Å². The van der Waals surface area contributed by atoms with Crippen LogP contribution in [0.2, 0.25) is 0 Å². The second-order valence-electron chi connectivity index (χ2n) is 5.44. The van der Waals surface area contributed by atoms with E-state index in [4.69, 9.17) is 0 Å². The molecular weight excluding hydrogens is 326 g/mol. The fourth-order valence-corrected chi connectivity index (χ4v) is 4.09. The predicted molar refractivity (Wildman–Crippen MR) is 88.8 cm³/mol. The second kappa shape index (κ2) is 7.41. The molecule has 0 saturated carbocycles. The highest BCUT2D eigenvalue weighted by Gasteiger charge is 2.33. The SMILES string of the molecule is CC(=O)Nc1ccc(S(=O)(=O)N2CC(C)NCC2C)cc1.Cl. The molecule has 1 aliphatic heterocycles. The van der Waals surface area contributed by atoms with E-state index in [2.05, 4.69) is 10.6 Å². The van der Waals surface area contributed by atoms with Crippen molar-refractivity contribution >= 4 is 34.0 Å². The molecule has 124 valence electrons. The molecule has 2 rings (SSSR count). The van der Waals surface area contributed by atoms with E-state index in [0.29, 0.717) is 18.8 Å². The number of carbonyl (C=O) groups is 1. The van der Waals surface area contributed by atoms with E-state index in [1.165, 1.54) is 23.4 Å². The quantitative estimate of drug-likeness (QED) is 0.867. The highest BCUT2D eigenvalue weighted by atomic mass is 35.5. The summed E-state index contributed by atoms with van der Waals surface area (Å²) in [7, 11) is -3.51. The lowest BCUT2D eigenvalue weighted by Gasteiger charge is -2.36. The van der Waals surface area contributed by atoms with E-state index < -0.39 is 10.0 Å². The van der Waals surface area contributed by atoms with Crippen molar-refractivity contribution in [2.24, 2.45) is 0 Å². The Hall–Kier alpha value is -1.15. The summed E-state index contributed by atoms with van der Waals surface area (Å²) < 4.78 is 26.9. The number of benzene rings is 1. The lowest BCUT2D eigenvalue weighted by Crippen LogP contribution is -2.56. The smallest absolute Gasteiger partial charge is 0.243 e. The molecule has 8 heteroatoms. The first-order valence-electron chi connectivity index (χ1n) is 6.93. The van der Waals surface area contributed by atoms with Gasteiger partial charge in [-0.15, -0.1) is 12.4 Å². The van der Waals surface area contributed by atoms with Crippen molar-refractivity contribution < 1.29 is 13.2 Å². The number of sulfonamides is 1. The minimum absolute atomic E-state index is 0. The van der Waals surface area contributed by atoms with Gasteiger partial charge in [-0.1, -0.05) is 0 Å². The lowest BCUT2D eigenvalue weighted by atomic mass is 10.2. The molecule has 1 saturated heterocycles. The van der Waals surface area contributed by atoms with Gasteiger partial charge in [0.25, 0.3) is 0 Å². The van der Waals surface area contributed by atoms with Gasteiger partial charge in [-0.3, -0.25) is 4.79 Å². The Balaban J connectivity index is 0.00000242. The summed E-state index contributed by atoms with van der Waals surface area (Å²) in [6, 6.07) is 6.31. The molecule has 1 aliphatic rings. The topological polar surface area (TPSA) is 78.5 Å². The maximum absolute atomic E-state index is 12.7. The molecule has 0 radical (unpaired) electrons. The van der Waals surface area contributed by atoms with Crippen LogP contribution in [0.4, 0.5) is 5.69 Å². The summed E-state index contributed by atoms with van der Waals surface area (Å²) in [6.45, 7) is 6.37. The zero-order valence-electron chi connectivity index (χ0n) is 12.9. The maximum atomic E-state index is 12.7. The van der Waals surface area contributed by atoms with Crippen LogP contribution in [-0.2, 0) is 14.8 Å². The Labute approximate surface area is 137 Å². The number of nitrogens with zero attached hydrogens (tertiary/aromatic N) is 1. The number of hydrogen-bond acceptors (Lipinski definition) is 4. The summed E-state index contributed by atoms with van der Waals surface area (Å²) in [4.78, 5) is 11.2. The fraction of sp³-hybridized carbons (Fsp3) is 0.500. The molecular formula is C14H22ClN3O3S. The third-order valence-corrected chi connectivity index (χ3v) is 5.48. The minimum Gasteiger partial charge on any atom is -0.326 e. The lowest BCUT2D eigenvalue weighted by molar-refractivity contribution is -0.114. The summed E-state index contributed by atoms with van der Waals surface area (Å²) in [6.07, 6.45) is 0. The first-order valence-corrected chi connectivity index (χ1v) is 8.37. The van der Waals surface area contributed by atoms with E-state index in [-0.39, 0.29) is 35.3 Å². The molecule has 22 heavy (non-hydrogen) atoms. The Bertz CT molecular complexity index is 619. The van der Waals surface area contributed by atoms with E-state index in [0.717, 1.165) is 0 Å². The number of hydrogen-bond donors (Lipinski definition) is 2. The molecule has 0 aliphatic carbocycles. The molecule has 6 nitrogen and oxygen atoms in total. The average Bonchev–Trinajstić information content (AvgIpc) is 2.41. The third kappa shape index (κ3) is 4.19. The molecule has 1 aromatic rings. The van der Waals surface area contributed by atoms with Crippen LogP contribution in [0, 0.1) is 0 Å². The molecule has 0 bridgehead atoms. The first-order chi connectivity index (χ1) is 9.80. The number of amides is 1. The van der Waals surface area contributed by atoms with Crippen LogP contribution < -0.4 is 10.6 Å². The third-order valence-electron chi connectivity index (χ3n) is 3.49. The van der Waals surface area contributed by atoms with Crippen LogP contribution in [0.1, 0.15) is 20.8 Å². The van der Waals surface area contributed by atoms with Gasteiger partial charge in [0, 0.05) is 37.8 Å². The van der Waals surface area contributed by atoms with Gasteiger partial charge in [-0.05, 0) is 38.1 Å². The zero-order chi connectivity index (χ0) is 15.6. The van der Waals surface area contributed by atoms with Crippen molar-refractivity contribution in [2.75, 3.05) is 18.4 Å². The largest absolute Gasteiger partial charge is 0.326 e. The van der Waals surface area contributed by atoms with Crippen molar-refractivity contribution in [3.63, 3.8) is 0 Å². The Morgan fingerprint density at radius 2 is 1.86 bits per heavy atom. The number of carbonyl (C=O) groups excluding carboxylic acids is 1. The molecule has 1 heterocycles. The summed E-state index contributed by atoms with van der Waals surface area (Å²) >= 11 is 0. The first kappa shape index (κ1) is 18.9. The molecule has 2 unspecified atom stereocenters. The van der Waals surface area contributed by atoms with Crippen molar-refractivity contribution in [3.8, 4) is 0 Å². The van der Waals surface area contributed by atoms with Gasteiger partial charge in [0.05, 0.1) is 4.90 Å². The molecule has 1 aromatic carbocycles. The minimum atomic E-state index is -3.51. The fourth-order valence-electron chi connectivity index (χ4n) is 2.37. The van der Waals surface area contributed by atoms with Crippen LogP contribution in [0.15, 0.2) is 29.2 Å². The van der Waals surface area contributed by atoms with E-state index in [1.807, 2.05) is 13.8 Å². The van der Waals surface area contributed by atoms with Crippen LogP contribution >= 0.6 is 12.4 Å². The van der Waals surface area contributed by atoms with E-state index >= 15 is 0 Å². The summed E-state index contributed by atoms with van der Waals surface area (Å²) in [5.74, 6) is -0.185. The standard InChI is InChI=1S/C14H21N3O3S.ClH/c1-10-9-17(11(2)8-15-10)21(19,20)14-6-4-13(5-7-14)16-12(3)18;/h4-7,10-11,15H,8-9H2,1-3H3,(H,16,18);1H. The normalized spacial score (nSPS) is 22.7. The number of halogens is 1. The highest BCUT2D eigenvalue weighted by molar-refractivity contribution is 7.89. The van der Waals surface area contributed by atoms with Crippen molar-refractivity contribution in [1.82, 2.24) is 9.62 Å². The van der Waals surface area contributed by atoms with Gasteiger partial charge >= 0.3 is 0 Å². The molecule has 1 fully saturated rings. The molecule has 2 N–H and O–H groups in total. The van der Waals surface area contributed by atoms with Gasteiger partial charge in [-0.25, -0.2) is 8.42 Å². The Kier molecular flexibility index (Phi) is 6.37.